The van der Waals surface area contributed by atoms with Gasteiger partial charge in [-0.2, -0.15) is 0 Å². The summed E-state index contributed by atoms with van der Waals surface area (Å²) in [5.74, 6) is -0.210. The molecule has 0 aliphatic carbocycles. The second-order valence-corrected chi connectivity index (χ2v) is 7.67. The Morgan fingerprint density at radius 2 is 1.96 bits per heavy atom. The fraction of sp³-hybridized carbons (Fsp3) is 0.579. The van der Waals surface area contributed by atoms with Crippen molar-refractivity contribution in [3.8, 4) is 0 Å². The minimum atomic E-state index is -0.519. The van der Waals surface area contributed by atoms with Crippen molar-refractivity contribution in [2.24, 2.45) is 11.3 Å². The number of hydrogen-bond acceptors (Lipinski definition) is 3. The van der Waals surface area contributed by atoms with Crippen LogP contribution in [-0.4, -0.2) is 47.6 Å². The van der Waals surface area contributed by atoms with Gasteiger partial charge in [0.2, 0.25) is 5.91 Å². The zero-order valence-corrected chi connectivity index (χ0v) is 15.0. The maximum atomic E-state index is 12.3. The number of β-amino-alcohol motifs (C(OH)–C–C–N with tert-alkyl or cyclic N) is 1. The molecule has 5 heteroatoms. The number of amides is 2. The summed E-state index contributed by atoms with van der Waals surface area (Å²) in [5.41, 5.74) is 1.48. The van der Waals surface area contributed by atoms with Crippen LogP contribution < -0.4 is 5.32 Å². The number of aliphatic hydroxyl groups excluding tert-OH is 1. The number of nitrogens with zero attached hydrogens (tertiary/aromatic N) is 1. The van der Waals surface area contributed by atoms with E-state index in [1.165, 1.54) is 0 Å². The van der Waals surface area contributed by atoms with Crippen molar-refractivity contribution < 1.29 is 14.7 Å². The van der Waals surface area contributed by atoms with Crippen molar-refractivity contribution in [1.82, 2.24) is 10.2 Å². The van der Waals surface area contributed by atoms with Crippen LogP contribution in [0.1, 0.15) is 43.1 Å². The molecule has 1 aliphatic rings. The highest BCUT2D eigenvalue weighted by Crippen LogP contribution is 2.34. The fourth-order valence-corrected chi connectivity index (χ4v) is 3.36. The Hall–Kier alpha value is -1.88. The summed E-state index contributed by atoms with van der Waals surface area (Å²) in [5, 5.41) is 13.0. The average molecular weight is 332 g/mol. The molecule has 0 unspecified atom stereocenters. The van der Waals surface area contributed by atoms with Gasteiger partial charge in [0.05, 0.1) is 12.6 Å². The number of hydrogen-bond donors (Lipinski definition) is 2. The van der Waals surface area contributed by atoms with Crippen LogP contribution in [0.15, 0.2) is 24.3 Å². The van der Waals surface area contributed by atoms with Crippen LogP contribution in [0.5, 0.6) is 0 Å². The highest BCUT2D eigenvalue weighted by atomic mass is 16.3. The van der Waals surface area contributed by atoms with E-state index in [-0.39, 0.29) is 29.7 Å². The lowest BCUT2D eigenvalue weighted by Crippen LogP contribution is -2.52. The number of nitrogens with one attached hydrogen (secondary N) is 1. The molecule has 2 rings (SSSR count). The van der Waals surface area contributed by atoms with E-state index in [9.17, 15) is 14.7 Å². The number of aryl methyl sites for hydroxylation is 1. The van der Waals surface area contributed by atoms with Gasteiger partial charge in [0.1, 0.15) is 0 Å². The third kappa shape index (κ3) is 4.35. The first-order valence-corrected chi connectivity index (χ1v) is 8.50. The number of carbonyl (C=O) groups excluding carboxylic acids is 2. The number of aliphatic hydroxyl groups is 1. The number of piperidine rings is 1. The standard InChI is InChI=1S/C19H28N2O3/c1-13-7-5-6-8-14(13)18(24)20-11-17(23)21-10-9-15(16(22)12-21)19(2,3)4/h5-8,15-16,22H,9-12H2,1-4H3,(H,20,24)/t15-,16+/m0/s1. The minimum Gasteiger partial charge on any atom is -0.391 e. The molecule has 2 N–H and O–H groups in total. The molecule has 1 aliphatic heterocycles. The van der Waals surface area contributed by atoms with E-state index < -0.39 is 6.10 Å². The summed E-state index contributed by atoms with van der Waals surface area (Å²) >= 11 is 0. The van der Waals surface area contributed by atoms with E-state index in [0.717, 1.165) is 12.0 Å². The van der Waals surface area contributed by atoms with E-state index >= 15 is 0 Å². The molecule has 132 valence electrons. The first-order chi connectivity index (χ1) is 11.2. The van der Waals surface area contributed by atoms with Gasteiger partial charge in [0, 0.05) is 18.7 Å². The summed E-state index contributed by atoms with van der Waals surface area (Å²) in [4.78, 5) is 26.1. The summed E-state index contributed by atoms with van der Waals surface area (Å²) in [6.45, 7) is 9.12. The van der Waals surface area contributed by atoms with Gasteiger partial charge >= 0.3 is 0 Å². The molecule has 0 bridgehead atoms. The largest absolute Gasteiger partial charge is 0.391 e. The third-order valence-corrected chi connectivity index (χ3v) is 4.84. The fourth-order valence-electron chi connectivity index (χ4n) is 3.36. The van der Waals surface area contributed by atoms with Gasteiger partial charge in [-0.1, -0.05) is 39.0 Å². The van der Waals surface area contributed by atoms with Crippen molar-refractivity contribution in [3.05, 3.63) is 35.4 Å². The Balaban J connectivity index is 1.88. The van der Waals surface area contributed by atoms with Gasteiger partial charge in [-0.25, -0.2) is 0 Å². The number of likely N-dealkylation sites (tertiary alicyclic amines) is 1. The van der Waals surface area contributed by atoms with Crippen molar-refractivity contribution in [2.75, 3.05) is 19.6 Å². The lowest BCUT2D eigenvalue weighted by Gasteiger charge is -2.42. The second-order valence-electron chi connectivity index (χ2n) is 7.67. The zero-order valence-electron chi connectivity index (χ0n) is 15.0. The SMILES string of the molecule is Cc1ccccc1C(=O)NCC(=O)N1CC[C@H](C(C)(C)C)[C@H](O)C1. The lowest BCUT2D eigenvalue weighted by molar-refractivity contribution is -0.136. The Morgan fingerprint density at radius 3 is 2.54 bits per heavy atom. The molecule has 5 nitrogen and oxygen atoms in total. The molecule has 1 aromatic carbocycles. The van der Waals surface area contributed by atoms with Crippen molar-refractivity contribution in [1.29, 1.82) is 0 Å². The molecule has 2 atom stereocenters. The van der Waals surface area contributed by atoms with Gasteiger partial charge < -0.3 is 15.3 Å². The summed E-state index contributed by atoms with van der Waals surface area (Å²) < 4.78 is 0. The molecule has 1 heterocycles. The molecule has 0 aromatic heterocycles. The number of rotatable bonds is 3. The molecule has 1 aromatic rings. The predicted molar refractivity (Wildman–Crippen MR) is 93.7 cm³/mol. The van der Waals surface area contributed by atoms with Crippen LogP contribution in [0.2, 0.25) is 0 Å². The molecule has 1 fully saturated rings. The monoisotopic (exact) mass is 332 g/mol. The van der Waals surface area contributed by atoms with Crippen LogP contribution >= 0.6 is 0 Å². The summed E-state index contributed by atoms with van der Waals surface area (Å²) in [7, 11) is 0. The van der Waals surface area contributed by atoms with Crippen molar-refractivity contribution in [2.45, 2.75) is 40.2 Å². The quantitative estimate of drug-likeness (QED) is 0.889. The van der Waals surface area contributed by atoms with Gasteiger partial charge in [-0.3, -0.25) is 9.59 Å². The van der Waals surface area contributed by atoms with Crippen LogP contribution in [0.25, 0.3) is 0 Å². The highest BCUT2D eigenvalue weighted by molar-refractivity contribution is 5.97. The summed E-state index contributed by atoms with van der Waals surface area (Å²) in [6, 6.07) is 7.29. The topological polar surface area (TPSA) is 69.6 Å². The maximum Gasteiger partial charge on any atom is 0.251 e. The van der Waals surface area contributed by atoms with E-state index in [1.807, 2.05) is 19.1 Å². The molecule has 1 saturated heterocycles. The molecular formula is C19H28N2O3. The van der Waals surface area contributed by atoms with Crippen molar-refractivity contribution >= 4 is 11.8 Å². The average Bonchev–Trinajstić information content (AvgIpc) is 2.51. The van der Waals surface area contributed by atoms with E-state index in [2.05, 4.69) is 26.1 Å². The van der Waals surface area contributed by atoms with Gasteiger partial charge in [0.25, 0.3) is 5.91 Å². The Kier molecular flexibility index (Phi) is 5.65. The molecular weight excluding hydrogens is 304 g/mol. The lowest BCUT2D eigenvalue weighted by atomic mass is 9.73. The van der Waals surface area contributed by atoms with Gasteiger partial charge in [-0.15, -0.1) is 0 Å². The Labute approximate surface area is 144 Å². The van der Waals surface area contributed by atoms with Gasteiger partial charge in [0.15, 0.2) is 0 Å². The third-order valence-electron chi connectivity index (χ3n) is 4.84. The Morgan fingerprint density at radius 1 is 1.29 bits per heavy atom. The first-order valence-electron chi connectivity index (χ1n) is 8.50. The van der Waals surface area contributed by atoms with Crippen LogP contribution in [0.3, 0.4) is 0 Å². The molecule has 24 heavy (non-hydrogen) atoms. The normalized spacial score (nSPS) is 21.5. The van der Waals surface area contributed by atoms with E-state index in [1.54, 1.807) is 17.0 Å². The Bertz CT molecular complexity index is 607. The van der Waals surface area contributed by atoms with Crippen LogP contribution in [0.4, 0.5) is 0 Å². The summed E-state index contributed by atoms with van der Waals surface area (Å²) in [6.07, 6.45) is 0.261. The minimum absolute atomic E-state index is 0.0214. The van der Waals surface area contributed by atoms with E-state index in [0.29, 0.717) is 18.7 Å². The number of benzene rings is 1. The molecule has 0 radical (unpaired) electrons. The smallest absolute Gasteiger partial charge is 0.251 e. The van der Waals surface area contributed by atoms with Crippen LogP contribution in [-0.2, 0) is 4.79 Å². The van der Waals surface area contributed by atoms with E-state index in [4.69, 9.17) is 0 Å². The second kappa shape index (κ2) is 7.34. The zero-order chi connectivity index (χ0) is 17.9. The maximum absolute atomic E-state index is 12.3. The molecule has 0 spiro atoms. The number of carbonyl (C=O) groups is 2. The molecule has 0 saturated carbocycles. The molecule has 2 amide bonds. The van der Waals surface area contributed by atoms with Crippen molar-refractivity contribution in [3.63, 3.8) is 0 Å². The first kappa shape index (κ1) is 18.5. The highest BCUT2D eigenvalue weighted by Gasteiger charge is 2.36. The van der Waals surface area contributed by atoms with Crippen LogP contribution in [0, 0.1) is 18.3 Å². The predicted octanol–water partition coefficient (Wildman–Crippen LogP) is 1.98. The van der Waals surface area contributed by atoms with Gasteiger partial charge in [-0.05, 0) is 36.3 Å².